The lowest BCUT2D eigenvalue weighted by atomic mass is 10.1. The fraction of sp³-hybridized carbons (Fsp3) is 0.458. The molecule has 0 aliphatic rings. The molecule has 1 atom stereocenters. The number of nitrogens with one attached hydrogen (secondary N) is 1. The number of hydrogen-bond donors (Lipinski definition) is 4. The number of rotatable bonds is 16. The molecular formula is C24H33NO7S. The van der Waals surface area contributed by atoms with Gasteiger partial charge in [0.1, 0.15) is 29.4 Å². The zero-order valence-electron chi connectivity index (χ0n) is 18.9. The lowest BCUT2D eigenvalue weighted by Crippen LogP contribution is -2.07. The zero-order chi connectivity index (χ0) is 24.1. The molecule has 0 aliphatic carbocycles. The fourth-order valence-corrected chi connectivity index (χ4v) is 3.71. The van der Waals surface area contributed by atoms with E-state index in [9.17, 15) is 19.2 Å². The Kier molecular flexibility index (Phi) is 11.5. The van der Waals surface area contributed by atoms with E-state index >= 15 is 0 Å². The smallest absolute Gasteiger partial charge is 0.339 e. The maximum atomic E-state index is 11.5. The summed E-state index contributed by atoms with van der Waals surface area (Å²) in [5.74, 6) is -0.574. The second kappa shape index (κ2) is 14.4. The van der Waals surface area contributed by atoms with Crippen LogP contribution in [0.1, 0.15) is 74.2 Å². The van der Waals surface area contributed by atoms with Gasteiger partial charge in [0.05, 0.1) is 6.61 Å². The summed E-state index contributed by atoms with van der Waals surface area (Å²) in [6.07, 6.45) is 9.64. The van der Waals surface area contributed by atoms with Crippen LogP contribution in [0.25, 0.3) is 0 Å². The lowest BCUT2D eigenvalue weighted by Gasteiger charge is -2.13. The van der Waals surface area contributed by atoms with Crippen LogP contribution in [-0.4, -0.2) is 31.6 Å². The normalized spacial score (nSPS) is 11.7. The van der Waals surface area contributed by atoms with Gasteiger partial charge in [0.15, 0.2) is 0 Å². The van der Waals surface area contributed by atoms with Crippen LogP contribution in [0.4, 0.5) is 5.69 Å². The number of carboxylic acids is 1. The van der Waals surface area contributed by atoms with Gasteiger partial charge in [0.2, 0.25) is 0 Å². The highest BCUT2D eigenvalue weighted by Gasteiger charge is 2.14. The van der Waals surface area contributed by atoms with Gasteiger partial charge in [-0.2, -0.15) is 0 Å². The summed E-state index contributed by atoms with van der Waals surface area (Å²) in [5, 5.41) is 19.4. The molecule has 0 aromatic heterocycles. The number of ether oxygens (including phenoxy) is 2. The molecule has 33 heavy (non-hydrogen) atoms. The van der Waals surface area contributed by atoms with E-state index in [-0.39, 0.29) is 29.4 Å². The minimum atomic E-state index is -2.32. The monoisotopic (exact) mass is 479 g/mol. The van der Waals surface area contributed by atoms with E-state index in [4.69, 9.17) is 14.0 Å². The topological polar surface area (TPSA) is 125 Å². The van der Waals surface area contributed by atoms with Crippen molar-refractivity contribution in [3.8, 4) is 17.2 Å². The molecule has 0 amide bonds. The Morgan fingerprint density at radius 2 is 1.67 bits per heavy atom. The van der Waals surface area contributed by atoms with Crippen molar-refractivity contribution in [2.75, 3.05) is 11.3 Å². The Labute approximate surface area is 197 Å². The van der Waals surface area contributed by atoms with Crippen LogP contribution in [-0.2, 0) is 17.9 Å². The first-order chi connectivity index (χ1) is 15.9. The van der Waals surface area contributed by atoms with Crippen LogP contribution in [0.2, 0.25) is 0 Å². The number of aromatic carboxylic acids is 1. The first-order valence-corrected chi connectivity index (χ1v) is 12.3. The minimum absolute atomic E-state index is 0.0154. The van der Waals surface area contributed by atoms with Crippen LogP contribution in [0.5, 0.6) is 17.2 Å². The summed E-state index contributed by atoms with van der Waals surface area (Å²) in [4.78, 5) is 11.5. The molecule has 0 radical (unpaired) electrons. The van der Waals surface area contributed by atoms with Gasteiger partial charge in [-0.05, 0) is 42.3 Å². The number of carbonyl (C=O) groups is 1. The third-order valence-corrected chi connectivity index (χ3v) is 5.44. The van der Waals surface area contributed by atoms with Crippen LogP contribution in [0, 0.1) is 0 Å². The summed E-state index contributed by atoms with van der Waals surface area (Å²) in [7, 11) is 0. The summed E-state index contributed by atoms with van der Waals surface area (Å²) in [6.45, 7) is 2.79. The summed E-state index contributed by atoms with van der Waals surface area (Å²) < 4.78 is 33.4. The van der Waals surface area contributed by atoms with Gasteiger partial charge < -0.3 is 19.7 Å². The Hall–Kier alpha value is -2.78. The number of hydrogen-bond acceptors (Lipinski definition) is 5. The maximum Gasteiger partial charge on any atom is 0.339 e. The molecule has 0 saturated heterocycles. The Morgan fingerprint density at radius 1 is 0.970 bits per heavy atom. The third kappa shape index (κ3) is 10.1. The van der Waals surface area contributed by atoms with Gasteiger partial charge in [0.25, 0.3) is 11.3 Å². The quantitative estimate of drug-likeness (QED) is 0.179. The van der Waals surface area contributed by atoms with Crippen molar-refractivity contribution in [3.05, 3.63) is 47.5 Å². The fourth-order valence-electron chi connectivity index (χ4n) is 3.38. The van der Waals surface area contributed by atoms with Crippen molar-refractivity contribution in [2.45, 2.75) is 64.9 Å². The standard InChI is InChI=1S/C24H33NO7S/c1-2-3-4-5-6-7-8-9-12-31-21-14-18(13-20(26)16-21)17-32-23-11-10-19(25-33(29)30)15-22(23)24(27)28/h10-11,13-16,25-26H,2-9,12,17H2,1H3,(H,27,28)(H,29,30). The predicted molar refractivity (Wildman–Crippen MR) is 128 cm³/mol. The predicted octanol–water partition coefficient (Wildman–Crippen LogP) is 5.74. The molecule has 0 bridgehead atoms. The molecule has 2 aromatic carbocycles. The summed E-state index contributed by atoms with van der Waals surface area (Å²) in [5.41, 5.74) is 0.641. The molecule has 8 nitrogen and oxygen atoms in total. The van der Waals surface area contributed by atoms with Crippen LogP contribution in [0.15, 0.2) is 36.4 Å². The van der Waals surface area contributed by atoms with E-state index in [0.717, 1.165) is 12.8 Å². The van der Waals surface area contributed by atoms with E-state index < -0.39 is 17.2 Å². The Morgan fingerprint density at radius 3 is 2.33 bits per heavy atom. The van der Waals surface area contributed by atoms with Gasteiger partial charge in [-0.25, -0.2) is 9.00 Å². The second-order valence-corrected chi connectivity index (χ2v) is 8.52. The number of benzene rings is 2. The van der Waals surface area contributed by atoms with E-state index in [1.807, 2.05) is 0 Å². The lowest BCUT2D eigenvalue weighted by molar-refractivity contribution is 0.0691. The second-order valence-electron chi connectivity index (χ2n) is 7.81. The van der Waals surface area contributed by atoms with Crippen molar-refractivity contribution in [3.63, 3.8) is 0 Å². The van der Waals surface area contributed by atoms with E-state index in [0.29, 0.717) is 17.9 Å². The molecule has 2 rings (SSSR count). The van der Waals surface area contributed by atoms with Crippen molar-refractivity contribution in [2.24, 2.45) is 0 Å². The summed E-state index contributed by atoms with van der Waals surface area (Å²) in [6, 6.07) is 8.86. The number of unbranched alkanes of at least 4 members (excludes halogenated alkanes) is 7. The number of phenolic OH excluding ortho intramolecular Hbond substituents is 1. The Balaban J connectivity index is 1.87. The molecular weight excluding hydrogens is 446 g/mol. The molecule has 0 heterocycles. The highest BCUT2D eigenvalue weighted by atomic mass is 32.2. The van der Waals surface area contributed by atoms with E-state index in [1.54, 1.807) is 6.07 Å². The van der Waals surface area contributed by atoms with Gasteiger partial charge >= 0.3 is 5.97 Å². The van der Waals surface area contributed by atoms with Gasteiger partial charge in [-0.1, -0.05) is 51.9 Å². The first kappa shape index (κ1) is 26.5. The Bertz CT molecular complexity index is 920. The number of aromatic hydroxyl groups is 1. The van der Waals surface area contributed by atoms with Gasteiger partial charge in [-0.3, -0.25) is 9.27 Å². The molecule has 0 fully saturated rings. The molecule has 0 saturated carbocycles. The molecule has 1 unspecified atom stereocenters. The first-order valence-electron chi connectivity index (χ1n) is 11.2. The molecule has 2 aromatic rings. The van der Waals surface area contributed by atoms with Crippen LogP contribution >= 0.6 is 0 Å². The molecule has 182 valence electrons. The van der Waals surface area contributed by atoms with Crippen molar-refractivity contribution < 1.29 is 33.2 Å². The zero-order valence-corrected chi connectivity index (χ0v) is 19.7. The molecule has 9 heteroatoms. The number of carboxylic acid groups (broad SMARTS) is 1. The SMILES string of the molecule is CCCCCCCCCCOc1cc(O)cc(COc2ccc(NS(=O)O)cc2C(=O)O)c1. The largest absolute Gasteiger partial charge is 0.508 e. The number of phenols is 1. The maximum absolute atomic E-state index is 11.5. The average molecular weight is 480 g/mol. The highest BCUT2D eigenvalue weighted by Crippen LogP contribution is 2.27. The summed E-state index contributed by atoms with van der Waals surface area (Å²) >= 11 is -2.32. The molecule has 0 aliphatic heterocycles. The van der Waals surface area contributed by atoms with E-state index in [1.165, 1.54) is 68.9 Å². The molecule has 0 spiro atoms. The highest BCUT2D eigenvalue weighted by molar-refractivity contribution is 7.80. The average Bonchev–Trinajstić information content (AvgIpc) is 2.76. The van der Waals surface area contributed by atoms with E-state index in [2.05, 4.69) is 11.6 Å². The number of anilines is 1. The van der Waals surface area contributed by atoms with Gasteiger partial charge in [0, 0.05) is 11.8 Å². The van der Waals surface area contributed by atoms with Gasteiger partial charge in [-0.15, -0.1) is 0 Å². The molecule has 4 N–H and O–H groups in total. The van der Waals surface area contributed by atoms with Crippen LogP contribution < -0.4 is 14.2 Å². The van der Waals surface area contributed by atoms with Crippen LogP contribution in [0.3, 0.4) is 0 Å². The van der Waals surface area contributed by atoms with Crippen molar-refractivity contribution in [1.82, 2.24) is 0 Å². The van der Waals surface area contributed by atoms with Crippen molar-refractivity contribution in [1.29, 1.82) is 0 Å². The van der Waals surface area contributed by atoms with Crippen molar-refractivity contribution >= 4 is 22.9 Å². The third-order valence-electron chi connectivity index (χ3n) is 5.03. The minimum Gasteiger partial charge on any atom is -0.508 e.